The predicted molar refractivity (Wildman–Crippen MR) is 182 cm³/mol. The van der Waals surface area contributed by atoms with Crippen LogP contribution in [0.15, 0.2) is 94.9 Å². The highest BCUT2D eigenvalue weighted by Crippen LogP contribution is 2.33. The first-order chi connectivity index (χ1) is 22.0. The summed E-state index contributed by atoms with van der Waals surface area (Å²) in [5.41, 5.74) is 9.97. The number of carbonyl (C=O) groups is 2. The first kappa shape index (κ1) is 32.5. The molecule has 236 valence electrons. The summed E-state index contributed by atoms with van der Waals surface area (Å²) in [5, 5.41) is 16.1. The average molecular weight is 615 g/mol. The number of nitrogens with zero attached hydrogens (tertiary/aromatic N) is 6. The van der Waals surface area contributed by atoms with Gasteiger partial charge < -0.3 is 4.40 Å². The number of hydrogen-bond donors (Lipinski definition) is 0. The Balaban J connectivity index is 0.000000181. The number of carbonyl (C=O) groups excluding carboxylic acids is 2. The van der Waals surface area contributed by atoms with Crippen LogP contribution in [0.1, 0.15) is 73.9 Å². The van der Waals surface area contributed by atoms with Crippen molar-refractivity contribution >= 4 is 23.3 Å². The lowest BCUT2D eigenvalue weighted by molar-refractivity contribution is -0.118. The van der Waals surface area contributed by atoms with E-state index < -0.39 is 0 Å². The van der Waals surface area contributed by atoms with Crippen molar-refractivity contribution in [3.8, 4) is 0 Å². The summed E-state index contributed by atoms with van der Waals surface area (Å²) in [5.74, 6) is 1.50. The molecule has 6 rings (SSSR count). The van der Waals surface area contributed by atoms with E-state index in [0.717, 1.165) is 39.4 Å². The molecule has 8 nitrogen and oxygen atoms in total. The summed E-state index contributed by atoms with van der Waals surface area (Å²) in [7, 11) is 0. The van der Waals surface area contributed by atoms with E-state index in [1.54, 1.807) is 0 Å². The maximum Gasteiger partial charge on any atom is 0.144 e. The third-order valence-electron chi connectivity index (χ3n) is 8.22. The molecule has 1 aliphatic heterocycles. The fraction of sp³-hybridized carbons (Fsp3) is 0.342. The number of aromatic nitrogens is 5. The number of aliphatic imine (C=N–C) groups is 1. The molecule has 1 atom stereocenters. The van der Waals surface area contributed by atoms with E-state index in [1.165, 1.54) is 11.1 Å². The van der Waals surface area contributed by atoms with Gasteiger partial charge in [-0.3, -0.25) is 14.6 Å². The number of rotatable bonds is 10. The Morgan fingerprint density at radius 2 is 1.39 bits per heavy atom. The molecular formula is C38H42N6O2. The molecule has 0 radical (unpaired) electrons. The Labute approximate surface area is 271 Å². The summed E-state index contributed by atoms with van der Waals surface area (Å²) < 4.78 is 2.10. The van der Waals surface area contributed by atoms with E-state index in [4.69, 9.17) is 0 Å². The quantitative estimate of drug-likeness (QED) is 0.192. The lowest BCUT2D eigenvalue weighted by Crippen LogP contribution is -2.08. The van der Waals surface area contributed by atoms with E-state index in [9.17, 15) is 9.59 Å². The van der Waals surface area contributed by atoms with Crippen LogP contribution >= 0.6 is 0 Å². The molecule has 2 aliphatic rings. The Hall–Kier alpha value is -4.85. The van der Waals surface area contributed by atoms with Crippen LogP contribution in [0.4, 0.5) is 0 Å². The summed E-state index contributed by atoms with van der Waals surface area (Å²) in [6, 6.07) is 13.8. The number of aryl methyl sites for hydroxylation is 2. The molecule has 0 saturated carbocycles. The second-order valence-electron chi connectivity index (χ2n) is 12.7. The molecular weight excluding hydrogens is 572 g/mol. The molecule has 1 aliphatic carbocycles. The van der Waals surface area contributed by atoms with Gasteiger partial charge in [0.15, 0.2) is 0 Å². The zero-order valence-corrected chi connectivity index (χ0v) is 27.6. The minimum Gasteiger partial charge on any atom is -0.323 e. The Morgan fingerprint density at radius 3 is 1.98 bits per heavy atom. The smallest absolute Gasteiger partial charge is 0.144 e. The van der Waals surface area contributed by atoms with Crippen LogP contribution < -0.4 is 0 Å². The van der Waals surface area contributed by atoms with Gasteiger partial charge in [0.25, 0.3) is 0 Å². The van der Waals surface area contributed by atoms with Gasteiger partial charge in [-0.2, -0.15) is 20.4 Å². The van der Waals surface area contributed by atoms with Crippen molar-refractivity contribution in [1.82, 2.24) is 24.8 Å². The molecule has 4 aromatic heterocycles. The standard InChI is InChI=1S/2C19H21N3O/c1-12(2)14-5-7-18-15(8-14)11-20-19(18)10-17(23)9-16-6-4-13(3)21-22-16;1-13(2)16-5-7-19-15(8-9-22(19)12-16)10-18(23)11-17-6-4-14(3)20-21-17/h4-8,11-12,15H,9-10H2,1-3H3;4-9,12-13H,10-11H2,1-3H3. The average Bonchev–Trinajstić information content (AvgIpc) is 3.62. The fourth-order valence-corrected chi connectivity index (χ4v) is 5.49. The van der Waals surface area contributed by atoms with Crippen molar-refractivity contribution in [2.24, 2.45) is 16.8 Å². The summed E-state index contributed by atoms with van der Waals surface area (Å²) in [6.45, 7) is 12.5. The molecule has 0 saturated heterocycles. The summed E-state index contributed by atoms with van der Waals surface area (Å²) in [6.07, 6.45) is 14.0. The van der Waals surface area contributed by atoms with Crippen LogP contribution in [0.2, 0.25) is 0 Å². The van der Waals surface area contributed by atoms with E-state index in [1.807, 2.05) is 56.6 Å². The number of Topliss-reactive ketones (excluding diaryl/α,β-unsaturated/α-hetero) is 2. The summed E-state index contributed by atoms with van der Waals surface area (Å²) in [4.78, 5) is 29.1. The molecule has 0 amide bonds. The van der Waals surface area contributed by atoms with Gasteiger partial charge in [-0.1, -0.05) is 52.0 Å². The highest BCUT2D eigenvalue weighted by molar-refractivity contribution is 5.86. The van der Waals surface area contributed by atoms with Crippen LogP contribution in [0, 0.1) is 25.7 Å². The number of fused-ring (bicyclic) bond motifs is 2. The van der Waals surface area contributed by atoms with E-state index in [2.05, 4.69) is 94.0 Å². The maximum atomic E-state index is 12.3. The van der Waals surface area contributed by atoms with Crippen molar-refractivity contribution in [3.63, 3.8) is 0 Å². The molecule has 5 heterocycles. The number of pyridine rings is 1. The third kappa shape index (κ3) is 8.24. The Bertz CT molecular complexity index is 1840. The van der Waals surface area contributed by atoms with Gasteiger partial charge in [0.05, 0.1) is 41.3 Å². The van der Waals surface area contributed by atoms with Crippen molar-refractivity contribution in [2.45, 2.75) is 73.1 Å². The lowest BCUT2D eigenvalue weighted by atomic mass is 9.87. The molecule has 1 unspecified atom stereocenters. The number of allylic oxidation sites excluding steroid dienone is 6. The van der Waals surface area contributed by atoms with Crippen molar-refractivity contribution in [3.05, 3.63) is 124 Å². The van der Waals surface area contributed by atoms with Crippen LogP contribution in [0.5, 0.6) is 0 Å². The lowest BCUT2D eigenvalue weighted by Gasteiger charge is -2.16. The molecule has 0 fully saturated rings. The maximum absolute atomic E-state index is 12.3. The second-order valence-corrected chi connectivity index (χ2v) is 12.7. The molecule has 0 spiro atoms. The van der Waals surface area contributed by atoms with Crippen LogP contribution in [0.3, 0.4) is 0 Å². The number of ketones is 2. The van der Waals surface area contributed by atoms with Gasteiger partial charge in [-0.25, -0.2) is 0 Å². The largest absolute Gasteiger partial charge is 0.323 e. The minimum atomic E-state index is 0.121. The van der Waals surface area contributed by atoms with Gasteiger partial charge in [0.1, 0.15) is 11.6 Å². The van der Waals surface area contributed by atoms with Gasteiger partial charge in [-0.05, 0) is 84.4 Å². The monoisotopic (exact) mass is 614 g/mol. The van der Waals surface area contributed by atoms with Gasteiger partial charge >= 0.3 is 0 Å². The highest BCUT2D eigenvalue weighted by Gasteiger charge is 2.23. The molecule has 0 N–H and O–H groups in total. The fourth-order valence-electron chi connectivity index (χ4n) is 5.49. The van der Waals surface area contributed by atoms with E-state index >= 15 is 0 Å². The highest BCUT2D eigenvalue weighted by atomic mass is 16.1. The molecule has 46 heavy (non-hydrogen) atoms. The van der Waals surface area contributed by atoms with E-state index in [0.29, 0.717) is 43.2 Å². The van der Waals surface area contributed by atoms with Crippen LogP contribution in [-0.2, 0) is 28.9 Å². The van der Waals surface area contributed by atoms with E-state index in [-0.39, 0.29) is 17.5 Å². The predicted octanol–water partition coefficient (Wildman–Crippen LogP) is 6.91. The van der Waals surface area contributed by atoms with Crippen molar-refractivity contribution in [2.75, 3.05) is 0 Å². The van der Waals surface area contributed by atoms with Gasteiger partial charge in [-0.15, -0.1) is 0 Å². The Morgan fingerprint density at radius 1 is 0.739 bits per heavy atom. The normalized spacial score (nSPS) is 15.3. The van der Waals surface area contributed by atoms with Crippen LogP contribution in [-0.4, -0.2) is 42.6 Å². The van der Waals surface area contributed by atoms with Crippen molar-refractivity contribution in [1.29, 1.82) is 0 Å². The minimum absolute atomic E-state index is 0.121. The number of hydrogen-bond acceptors (Lipinski definition) is 7. The topological polar surface area (TPSA) is 102 Å². The molecule has 4 aromatic rings. The van der Waals surface area contributed by atoms with Gasteiger partial charge in [0.2, 0.25) is 0 Å². The Kier molecular flexibility index (Phi) is 10.3. The second kappa shape index (κ2) is 14.5. The molecule has 0 aromatic carbocycles. The van der Waals surface area contributed by atoms with Crippen LogP contribution in [0.25, 0.3) is 5.52 Å². The SMILES string of the molecule is Cc1ccc(CC(=O)CC2=C3C=CC(C(C)C)=CC3C=N2)nn1.Cc1ccc(CC(=O)Cc2ccn3cc(C(C)C)ccc23)nn1. The zero-order chi connectivity index (χ0) is 32.8. The third-order valence-corrected chi connectivity index (χ3v) is 8.22. The molecule has 8 heteroatoms. The van der Waals surface area contributed by atoms with Gasteiger partial charge in [0, 0.05) is 42.9 Å². The first-order valence-electron chi connectivity index (χ1n) is 15.9. The summed E-state index contributed by atoms with van der Waals surface area (Å²) >= 11 is 0. The molecule has 0 bridgehead atoms. The zero-order valence-electron chi connectivity index (χ0n) is 27.6. The first-order valence-corrected chi connectivity index (χ1v) is 15.9. The van der Waals surface area contributed by atoms with Crippen molar-refractivity contribution < 1.29 is 9.59 Å².